The minimum absolute atomic E-state index is 0.335. The van der Waals surface area contributed by atoms with E-state index in [0.717, 1.165) is 52.9 Å². The molecule has 4 aromatic carbocycles. The molecule has 10 heteroatoms. The Kier molecular flexibility index (Phi) is 7.91. The fraction of sp³-hybridized carbons (Fsp3) is 0.143. The summed E-state index contributed by atoms with van der Waals surface area (Å²) in [5.74, 6) is 3.58. The van der Waals surface area contributed by atoms with Crippen LogP contribution in [0.25, 0.3) is 33.5 Å². The maximum absolute atomic E-state index is 6.31. The summed E-state index contributed by atoms with van der Waals surface area (Å²) in [7, 11) is 0. The number of H-pyrrole nitrogens is 1. The van der Waals surface area contributed by atoms with Crippen molar-refractivity contribution < 1.29 is 9.47 Å². The van der Waals surface area contributed by atoms with Crippen molar-refractivity contribution in [1.82, 2.24) is 40.4 Å². The average molecular weight is 595 g/mol. The molecule has 0 radical (unpaired) electrons. The molecule has 3 aromatic heterocycles. The first kappa shape index (κ1) is 27.9. The van der Waals surface area contributed by atoms with Crippen molar-refractivity contribution in [1.29, 1.82) is 0 Å². The first-order valence-corrected chi connectivity index (χ1v) is 14.9. The number of unbranched alkanes of at least 4 members (excludes halogenated alkanes) is 1. The number of tetrazole rings is 1. The van der Waals surface area contributed by atoms with Gasteiger partial charge in [0.1, 0.15) is 22.8 Å². The topological polar surface area (TPSA) is 117 Å². The van der Waals surface area contributed by atoms with Crippen molar-refractivity contribution in [3.63, 3.8) is 0 Å². The maximum Gasteiger partial charge on any atom is 0.267 e. The van der Waals surface area contributed by atoms with Crippen molar-refractivity contribution >= 4 is 11.0 Å². The summed E-state index contributed by atoms with van der Waals surface area (Å²) < 4.78 is 14.7. The Morgan fingerprint density at radius 3 is 2.00 bits per heavy atom. The van der Waals surface area contributed by atoms with Crippen molar-refractivity contribution in [2.45, 2.75) is 32.7 Å². The van der Waals surface area contributed by atoms with Crippen LogP contribution < -0.4 is 9.47 Å². The Bertz CT molecular complexity index is 2010. The molecular weight excluding hydrogens is 564 g/mol. The Morgan fingerprint density at radius 2 is 1.33 bits per heavy atom. The van der Waals surface area contributed by atoms with Crippen LogP contribution in [0, 0.1) is 0 Å². The number of hydrogen-bond acceptors (Lipinski definition) is 8. The molecule has 0 saturated carbocycles. The molecule has 1 N–H and O–H groups in total. The van der Waals surface area contributed by atoms with Crippen molar-refractivity contribution in [2.75, 3.05) is 0 Å². The van der Waals surface area contributed by atoms with E-state index in [0.29, 0.717) is 41.1 Å². The molecule has 45 heavy (non-hydrogen) atoms. The van der Waals surface area contributed by atoms with Crippen LogP contribution in [-0.2, 0) is 13.0 Å². The van der Waals surface area contributed by atoms with E-state index in [-0.39, 0.29) is 0 Å². The quantitative estimate of drug-likeness (QED) is 0.162. The van der Waals surface area contributed by atoms with Crippen LogP contribution in [-0.4, -0.2) is 40.4 Å². The Hall–Kier alpha value is -5.90. The SMILES string of the molecule is CCCCc1nc2c(Oc3ccccc3)nnc(Oc3ccccc3)c2n1Cc1ccc(-c2ccccc2-c2nnn[nH]2)cc1. The summed E-state index contributed by atoms with van der Waals surface area (Å²) in [6.45, 7) is 2.74. The lowest BCUT2D eigenvalue weighted by molar-refractivity contribution is 0.434. The molecule has 0 amide bonds. The Labute approximate surface area is 259 Å². The summed E-state index contributed by atoms with van der Waals surface area (Å²) in [5, 5.41) is 23.4. The number of nitrogens with zero attached hydrogens (tertiary/aromatic N) is 7. The number of benzene rings is 4. The van der Waals surface area contributed by atoms with Crippen LogP contribution in [0.5, 0.6) is 23.3 Å². The molecule has 3 heterocycles. The zero-order valence-electron chi connectivity index (χ0n) is 24.7. The Balaban J connectivity index is 1.30. The molecule has 0 atom stereocenters. The van der Waals surface area contributed by atoms with Crippen LogP contribution in [0.1, 0.15) is 31.2 Å². The molecular formula is C35H30N8O2. The Morgan fingerprint density at radius 1 is 0.689 bits per heavy atom. The zero-order valence-corrected chi connectivity index (χ0v) is 24.7. The molecule has 0 saturated heterocycles. The minimum Gasteiger partial charge on any atom is -0.436 e. The van der Waals surface area contributed by atoms with Gasteiger partial charge in [-0.2, -0.15) is 0 Å². The lowest BCUT2D eigenvalue weighted by Crippen LogP contribution is -2.07. The highest BCUT2D eigenvalue weighted by Crippen LogP contribution is 2.36. The fourth-order valence-corrected chi connectivity index (χ4v) is 5.27. The van der Waals surface area contributed by atoms with Crippen molar-refractivity contribution in [3.05, 3.63) is 121 Å². The van der Waals surface area contributed by atoms with Gasteiger partial charge in [0, 0.05) is 18.5 Å². The highest BCUT2D eigenvalue weighted by atomic mass is 16.5. The number of fused-ring (bicyclic) bond motifs is 1. The number of nitrogens with one attached hydrogen (secondary N) is 1. The molecule has 0 bridgehead atoms. The average Bonchev–Trinajstić information content (AvgIpc) is 3.76. The predicted molar refractivity (Wildman–Crippen MR) is 171 cm³/mol. The number of aryl methyl sites for hydroxylation is 1. The number of imidazole rings is 1. The van der Waals surface area contributed by atoms with E-state index >= 15 is 0 Å². The van der Waals surface area contributed by atoms with Gasteiger partial charge in [-0.1, -0.05) is 98.3 Å². The number of ether oxygens (including phenoxy) is 2. The molecule has 0 aliphatic heterocycles. The number of rotatable bonds is 11. The van der Waals surface area contributed by atoms with E-state index in [1.54, 1.807) is 0 Å². The van der Waals surface area contributed by atoms with Crippen LogP contribution in [0.15, 0.2) is 109 Å². The van der Waals surface area contributed by atoms with Gasteiger partial charge in [-0.3, -0.25) is 0 Å². The number of aromatic nitrogens is 8. The van der Waals surface area contributed by atoms with Crippen molar-refractivity contribution in [2.24, 2.45) is 0 Å². The van der Waals surface area contributed by atoms with E-state index in [4.69, 9.17) is 14.5 Å². The predicted octanol–water partition coefficient (Wildman–Crippen LogP) is 7.65. The van der Waals surface area contributed by atoms with E-state index in [2.05, 4.69) is 72.6 Å². The molecule has 10 nitrogen and oxygen atoms in total. The van der Waals surface area contributed by atoms with E-state index < -0.39 is 0 Å². The van der Waals surface area contributed by atoms with Crippen LogP contribution in [0.2, 0.25) is 0 Å². The highest BCUT2D eigenvalue weighted by molar-refractivity contribution is 5.85. The standard InChI is InChI=1S/C35H30N8O2/c1-2-3-18-30-36-31-32(35(45-27-14-8-5-9-15-27)40-39-34(31)44-26-12-6-4-7-13-26)43(30)23-24-19-21-25(22-20-24)28-16-10-11-17-29(28)33-37-41-42-38-33/h4-17,19-22H,2-3,18,23H2,1H3,(H,37,38,41,42). The van der Waals surface area contributed by atoms with E-state index in [1.165, 1.54) is 0 Å². The monoisotopic (exact) mass is 594 g/mol. The normalized spacial score (nSPS) is 11.1. The van der Waals surface area contributed by atoms with Gasteiger partial charge < -0.3 is 14.0 Å². The smallest absolute Gasteiger partial charge is 0.267 e. The van der Waals surface area contributed by atoms with Gasteiger partial charge in [0.2, 0.25) is 0 Å². The summed E-state index contributed by atoms with van der Waals surface area (Å²) >= 11 is 0. The third-order valence-corrected chi connectivity index (χ3v) is 7.49. The first-order chi connectivity index (χ1) is 22.3. The lowest BCUT2D eigenvalue weighted by atomic mass is 9.98. The van der Waals surface area contributed by atoms with Crippen LogP contribution in [0.3, 0.4) is 0 Å². The third-order valence-electron chi connectivity index (χ3n) is 7.49. The second-order valence-corrected chi connectivity index (χ2v) is 10.5. The van der Waals surface area contributed by atoms with Gasteiger partial charge in [0.25, 0.3) is 11.8 Å². The second-order valence-electron chi connectivity index (χ2n) is 10.5. The third kappa shape index (κ3) is 5.98. The number of hydrogen-bond donors (Lipinski definition) is 1. The summed E-state index contributed by atoms with van der Waals surface area (Å²) in [6, 6.07) is 35.7. The van der Waals surface area contributed by atoms with E-state index in [9.17, 15) is 0 Å². The van der Waals surface area contributed by atoms with Gasteiger partial charge >= 0.3 is 0 Å². The zero-order chi connectivity index (χ0) is 30.4. The largest absolute Gasteiger partial charge is 0.436 e. The van der Waals surface area contributed by atoms with E-state index in [1.807, 2.05) is 78.9 Å². The van der Waals surface area contributed by atoms with Crippen LogP contribution >= 0.6 is 0 Å². The van der Waals surface area contributed by atoms with Gasteiger partial charge in [-0.25, -0.2) is 10.1 Å². The minimum atomic E-state index is 0.335. The number of para-hydroxylation sites is 2. The summed E-state index contributed by atoms with van der Waals surface area (Å²) in [6.07, 6.45) is 2.81. The maximum atomic E-state index is 6.31. The second kappa shape index (κ2) is 12.8. The van der Waals surface area contributed by atoms with Crippen LogP contribution in [0.4, 0.5) is 0 Å². The van der Waals surface area contributed by atoms with Gasteiger partial charge in [-0.15, -0.1) is 15.3 Å². The molecule has 7 aromatic rings. The van der Waals surface area contributed by atoms with Gasteiger partial charge in [-0.05, 0) is 57.8 Å². The van der Waals surface area contributed by atoms with Crippen molar-refractivity contribution in [3.8, 4) is 45.8 Å². The molecule has 0 aliphatic rings. The number of aromatic amines is 1. The molecule has 222 valence electrons. The molecule has 0 aliphatic carbocycles. The summed E-state index contributed by atoms with van der Waals surface area (Å²) in [5.41, 5.74) is 5.48. The molecule has 0 spiro atoms. The molecule has 0 unspecified atom stereocenters. The first-order valence-electron chi connectivity index (χ1n) is 14.9. The highest BCUT2D eigenvalue weighted by Gasteiger charge is 2.23. The van der Waals surface area contributed by atoms with Gasteiger partial charge in [0.05, 0.1) is 0 Å². The molecule has 0 fully saturated rings. The molecule has 7 rings (SSSR count). The fourth-order valence-electron chi connectivity index (χ4n) is 5.27. The summed E-state index contributed by atoms with van der Waals surface area (Å²) in [4.78, 5) is 5.08. The lowest BCUT2D eigenvalue weighted by Gasteiger charge is -2.13. The van der Waals surface area contributed by atoms with Gasteiger partial charge in [0.15, 0.2) is 11.3 Å².